The number of hydrogen-bond donors (Lipinski definition) is 2. The zero-order chi connectivity index (χ0) is 15.1. The van der Waals surface area contributed by atoms with Gasteiger partial charge in [-0.3, -0.25) is 0 Å². The van der Waals surface area contributed by atoms with E-state index in [0.29, 0.717) is 13.2 Å². The molecule has 0 bridgehead atoms. The summed E-state index contributed by atoms with van der Waals surface area (Å²) in [5, 5.41) is 0. The van der Waals surface area contributed by atoms with Crippen LogP contribution in [0.2, 0.25) is 0 Å². The number of hydrogen-bond acceptors (Lipinski definition) is 4. The Morgan fingerprint density at radius 3 is 2.38 bits per heavy atom. The number of nitrogens with one attached hydrogen (secondary N) is 1. The maximum absolute atomic E-state index is 5.96. The molecule has 2 rings (SSSR count). The van der Waals surface area contributed by atoms with E-state index in [1.165, 1.54) is 0 Å². The van der Waals surface area contributed by atoms with Crippen LogP contribution in [0.4, 0.5) is 11.4 Å². The zero-order valence-corrected chi connectivity index (χ0v) is 12.6. The molecule has 114 valence electrons. The first-order valence-corrected chi connectivity index (χ1v) is 7.01. The van der Waals surface area contributed by atoms with Crippen LogP contribution in [0.15, 0.2) is 36.7 Å². The smallest absolute Gasteiger partial charge is 0.0637 e. The molecule has 0 amide bonds. The van der Waals surface area contributed by atoms with E-state index in [2.05, 4.69) is 16.0 Å². The quantitative estimate of drug-likeness (QED) is 0.732. The maximum Gasteiger partial charge on any atom is 0.0637 e. The number of methoxy groups -OCH3 is 2. The molecule has 0 radical (unpaired) electrons. The minimum absolute atomic E-state index is 0.667. The Labute approximate surface area is 125 Å². The average Bonchev–Trinajstić information content (AvgIpc) is 3.02. The highest BCUT2D eigenvalue weighted by atomic mass is 16.5. The summed E-state index contributed by atoms with van der Waals surface area (Å²) < 4.78 is 10.4. The predicted molar refractivity (Wildman–Crippen MR) is 86.6 cm³/mol. The van der Waals surface area contributed by atoms with Crippen molar-refractivity contribution in [3.05, 3.63) is 36.7 Å². The second-order valence-electron chi connectivity index (χ2n) is 4.85. The predicted octanol–water partition coefficient (Wildman–Crippen LogP) is 2.36. The molecule has 1 aromatic carbocycles. The van der Waals surface area contributed by atoms with Gasteiger partial charge >= 0.3 is 0 Å². The molecule has 0 saturated carbocycles. The van der Waals surface area contributed by atoms with E-state index in [9.17, 15) is 0 Å². The molecule has 0 atom stereocenters. The molecule has 0 unspecified atom stereocenters. The topological polar surface area (TPSA) is 63.5 Å². The molecule has 1 heterocycles. The highest BCUT2D eigenvalue weighted by Crippen LogP contribution is 2.32. The molecule has 2 aromatic rings. The summed E-state index contributed by atoms with van der Waals surface area (Å²) >= 11 is 0. The van der Waals surface area contributed by atoms with Crippen molar-refractivity contribution in [1.29, 1.82) is 0 Å². The third-order valence-corrected chi connectivity index (χ3v) is 3.40. The van der Waals surface area contributed by atoms with Crippen LogP contribution >= 0.6 is 0 Å². The van der Waals surface area contributed by atoms with Crippen molar-refractivity contribution in [1.82, 2.24) is 4.98 Å². The van der Waals surface area contributed by atoms with Crippen molar-refractivity contribution in [2.75, 3.05) is 51.2 Å². The second kappa shape index (κ2) is 7.71. The monoisotopic (exact) mass is 289 g/mol. The average molecular weight is 289 g/mol. The van der Waals surface area contributed by atoms with Gasteiger partial charge in [-0.15, -0.1) is 0 Å². The van der Waals surface area contributed by atoms with Crippen molar-refractivity contribution in [3.8, 4) is 11.1 Å². The minimum atomic E-state index is 0.667. The molecule has 0 saturated heterocycles. The molecule has 0 aliphatic carbocycles. The van der Waals surface area contributed by atoms with Gasteiger partial charge in [-0.25, -0.2) is 0 Å². The first kappa shape index (κ1) is 15.4. The fraction of sp³-hybridized carbons (Fsp3) is 0.375. The highest BCUT2D eigenvalue weighted by Gasteiger charge is 2.13. The van der Waals surface area contributed by atoms with Crippen LogP contribution in [0.5, 0.6) is 0 Å². The number of H-pyrrole nitrogens is 1. The van der Waals surface area contributed by atoms with E-state index in [0.717, 1.165) is 35.6 Å². The van der Waals surface area contributed by atoms with Crippen molar-refractivity contribution >= 4 is 11.4 Å². The Bertz CT molecular complexity index is 532. The van der Waals surface area contributed by atoms with Gasteiger partial charge in [-0.1, -0.05) is 0 Å². The van der Waals surface area contributed by atoms with Crippen LogP contribution < -0.4 is 10.6 Å². The van der Waals surface area contributed by atoms with Gasteiger partial charge in [0.15, 0.2) is 0 Å². The van der Waals surface area contributed by atoms with Gasteiger partial charge in [0.25, 0.3) is 0 Å². The first-order chi connectivity index (χ1) is 10.3. The molecule has 0 spiro atoms. The Balaban J connectivity index is 2.34. The Hall–Kier alpha value is -1.98. The Kier molecular flexibility index (Phi) is 5.66. The number of nitrogen functional groups attached to an aromatic ring is 1. The largest absolute Gasteiger partial charge is 0.399 e. The standard InChI is InChI=1S/C16H23N3O2/c1-20-9-7-19(8-10-21-2)16-4-3-14(17)11-15(16)13-5-6-18-12-13/h3-6,11-12,18H,7-10,17H2,1-2H3. The Morgan fingerprint density at radius 2 is 1.81 bits per heavy atom. The van der Waals surface area contributed by atoms with Gasteiger partial charge in [0.05, 0.1) is 13.2 Å². The van der Waals surface area contributed by atoms with Crippen LogP contribution in [0, 0.1) is 0 Å². The number of rotatable bonds is 8. The fourth-order valence-corrected chi connectivity index (χ4v) is 2.31. The highest BCUT2D eigenvalue weighted by molar-refractivity contribution is 5.81. The number of aromatic nitrogens is 1. The summed E-state index contributed by atoms with van der Waals surface area (Å²) in [5.74, 6) is 0. The number of nitrogens with zero attached hydrogens (tertiary/aromatic N) is 1. The zero-order valence-electron chi connectivity index (χ0n) is 12.6. The molecular formula is C16H23N3O2. The number of benzene rings is 1. The lowest BCUT2D eigenvalue weighted by Crippen LogP contribution is -2.31. The molecule has 3 N–H and O–H groups in total. The van der Waals surface area contributed by atoms with E-state index in [1.54, 1.807) is 14.2 Å². The van der Waals surface area contributed by atoms with Crippen molar-refractivity contribution < 1.29 is 9.47 Å². The normalized spacial score (nSPS) is 10.8. The van der Waals surface area contributed by atoms with E-state index in [4.69, 9.17) is 15.2 Å². The maximum atomic E-state index is 5.96. The van der Waals surface area contributed by atoms with Gasteiger partial charge in [0.1, 0.15) is 0 Å². The summed E-state index contributed by atoms with van der Waals surface area (Å²) in [7, 11) is 3.43. The van der Waals surface area contributed by atoms with Crippen molar-refractivity contribution in [3.63, 3.8) is 0 Å². The summed E-state index contributed by atoms with van der Waals surface area (Å²) in [6.45, 7) is 2.95. The lowest BCUT2D eigenvalue weighted by molar-refractivity contribution is 0.190. The number of ether oxygens (including phenoxy) is 2. The van der Waals surface area contributed by atoms with Crippen LogP contribution in [-0.2, 0) is 9.47 Å². The summed E-state index contributed by atoms with van der Waals surface area (Å²) in [4.78, 5) is 5.35. The molecule has 5 heteroatoms. The van der Waals surface area contributed by atoms with E-state index in [-0.39, 0.29) is 0 Å². The van der Waals surface area contributed by atoms with Crippen molar-refractivity contribution in [2.24, 2.45) is 0 Å². The van der Waals surface area contributed by atoms with E-state index >= 15 is 0 Å². The number of nitrogens with two attached hydrogens (primary N) is 1. The number of anilines is 2. The second-order valence-corrected chi connectivity index (χ2v) is 4.85. The molecule has 5 nitrogen and oxygen atoms in total. The van der Waals surface area contributed by atoms with Crippen LogP contribution in [0.25, 0.3) is 11.1 Å². The lowest BCUT2D eigenvalue weighted by atomic mass is 10.0. The van der Waals surface area contributed by atoms with Gasteiger partial charge in [-0.05, 0) is 24.3 Å². The van der Waals surface area contributed by atoms with Gasteiger partial charge in [0.2, 0.25) is 0 Å². The fourth-order valence-electron chi connectivity index (χ4n) is 2.31. The summed E-state index contributed by atoms with van der Waals surface area (Å²) in [5.41, 5.74) is 10.1. The SMILES string of the molecule is COCCN(CCOC)c1ccc(N)cc1-c1cc[nH]c1. The van der Waals surface area contributed by atoms with Gasteiger partial charge in [-0.2, -0.15) is 0 Å². The summed E-state index contributed by atoms with van der Waals surface area (Å²) in [6.07, 6.45) is 3.89. The van der Waals surface area contributed by atoms with Crippen LogP contribution in [0.1, 0.15) is 0 Å². The van der Waals surface area contributed by atoms with E-state index in [1.807, 2.05) is 30.6 Å². The number of aromatic amines is 1. The minimum Gasteiger partial charge on any atom is -0.399 e. The third-order valence-electron chi connectivity index (χ3n) is 3.40. The van der Waals surface area contributed by atoms with Gasteiger partial charge < -0.3 is 25.1 Å². The van der Waals surface area contributed by atoms with Crippen LogP contribution in [-0.4, -0.2) is 45.5 Å². The molecule has 0 fully saturated rings. The first-order valence-electron chi connectivity index (χ1n) is 7.01. The molecule has 0 aliphatic rings. The molecule has 0 aliphatic heterocycles. The van der Waals surface area contributed by atoms with Crippen LogP contribution in [0.3, 0.4) is 0 Å². The Morgan fingerprint density at radius 1 is 1.10 bits per heavy atom. The van der Waals surface area contributed by atoms with E-state index < -0.39 is 0 Å². The van der Waals surface area contributed by atoms with Crippen molar-refractivity contribution in [2.45, 2.75) is 0 Å². The molecule has 21 heavy (non-hydrogen) atoms. The third kappa shape index (κ3) is 4.00. The molecular weight excluding hydrogens is 266 g/mol. The lowest BCUT2D eigenvalue weighted by Gasteiger charge is -2.27. The van der Waals surface area contributed by atoms with Gasteiger partial charge in [0, 0.05) is 62.2 Å². The molecule has 1 aromatic heterocycles. The summed E-state index contributed by atoms with van der Waals surface area (Å²) in [6, 6.07) is 8.04.